The molecule has 1 heterocycles. The van der Waals surface area contributed by atoms with Crippen molar-refractivity contribution < 1.29 is 14.0 Å². The van der Waals surface area contributed by atoms with Gasteiger partial charge in [0.2, 0.25) is 0 Å². The fourth-order valence-electron chi connectivity index (χ4n) is 3.43. The first-order valence-corrected chi connectivity index (χ1v) is 11.2. The van der Waals surface area contributed by atoms with Gasteiger partial charge in [0, 0.05) is 17.7 Å². The quantitative estimate of drug-likeness (QED) is 0.412. The average Bonchev–Trinajstić information content (AvgIpc) is 3.55. The van der Waals surface area contributed by atoms with Gasteiger partial charge in [-0.25, -0.2) is 9.37 Å². The molecule has 1 aromatic heterocycles. The highest BCUT2D eigenvalue weighted by molar-refractivity contribution is 7.22. The molecule has 2 amide bonds. The molecule has 5 rings (SSSR count). The first kappa shape index (κ1) is 20.3. The Morgan fingerprint density at radius 1 is 0.938 bits per heavy atom. The number of fused-ring (bicyclic) bond motifs is 1. The van der Waals surface area contributed by atoms with Crippen LogP contribution in [0.1, 0.15) is 33.6 Å². The van der Waals surface area contributed by atoms with Crippen LogP contribution in [0.4, 0.5) is 9.52 Å². The van der Waals surface area contributed by atoms with Crippen LogP contribution in [0.5, 0.6) is 0 Å². The van der Waals surface area contributed by atoms with Crippen molar-refractivity contribution >= 4 is 38.5 Å². The molecule has 0 aliphatic heterocycles. The van der Waals surface area contributed by atoms with Gasteiger partial charge in [-0.2, -0.15) is 0 Å². The molecule has 0 radical (unpaired) electrons. The molecule has 0 saturated heterocycles. The number of anilines is 1. The largest absolute Gasteiger partial charge is 0.352 e. The molecule has 5 nitrogen and oxygen atoms in total. The summed E-state index contributed by atoms with van der Waals surface area (Å²) in [5, 5.41) is 6.24. The molecule has 1 aliphatic carbocycles. The molecule has 2 N–H and O–H groups in total. The molecule has 0 atom stereocenters. The maximum atomic E-state index is 13.1. The van der Waals surface area contributed by atoms with Crippen LogP contribution >= 0.6 is 11.3 Å². The number of aromatic nitrogens is 1. The van der Waals surface area contributed by atoms with Crippen LogP contribution < -0.4 is 10.6 Å². The van der Waals surface area contributed by atoms with E-state index in [0.29, 0.717) is 22.2 Å². The monoisotopic (exact) mass is 445 g/mol. The van der Waals surface area contributed by atoms with Crippen LogP contribution in [0.25, 0.3) is 21.3 Å². The van der Waals surface area contributed by atoms with Gasteiger partial charge < -0.3 is 5.32 Å². The van der Waals surface area contributed by atoms with E-state index in [0.717, 1.165) is 27.9 Å². The zero-order valence-electron chi connectivity index (χ0n) is 17.1. The summed E-state index contributed by atoms with van der Waals surface area (Å²) in [5.74, 6) is -0.154. The molecule has 32 heavy (non-hydrogen) atoms. The Morgan fingerprint density at radius 3 is 2.50 bits per heavy atom. The Labute approximate surface area is 188 Å². The molecule has 0 bridgehead atoms. The summed E-state index contributed by atoms with van der Waals surface area (Å²) < 4.78 is 14.0. The van der Waals surface area contributed by atoms with Crippen molar-refractivity contribution in [1.82, 2.24) is 10.3 Å². The van der Waals surface area contributed by atoms with Gasteiger partial charge in [0.15, 0.2) is 5.13 Å². The minimum atomic E-state index is -0.390. The van der Waals surface area contributed by atoms with Crippen LogP contribution in [-0.4, -0.2) is 23.3 Å². The number of amides is 2. The lowest BCUT2D eigenvalue weighted by molar-refractivity contribution is 0.0951. The fraction of sp³-hybridized carbons (Fsp3) is 0.160. The number of nitrogens with zero attached hydrogens (tertiary/aromatic N) is 1. The molecule has 0 unspecified atom stereocenters. The second-order valence-electron chi connectivity index (χ2n) is 7.90. The highest BCUT2D eigenvalue weighted by atomic mass is 32.1. The van der Waals surface area contributed by atoms with Gasteiger partial charge in [-0.15, -0.1) is 0 Å². The number of nitrogens with one attached hydrogen (secondary N) is 2. The van der Waals surface area contributed by atoms with Gasteiger partial charge in [-0.05, 0) is 78.4 Å². The normalized spacial score (nSPS) is 13.2. The smallest absolute Gasteiger partial charge is 0.257 e. The third-order valence-electron chi connectivity index (χ3n) is 5.42. The Balaban J connectivity index is 1.34. The molecule has 4 aromatic rings. The number of hydrogen-bond donors (Lipinski definition) is 2. The maximum Gasteiger partial charge on any atom is 0.257 e. The summed E-state index contributed by atoms with van der Waals surface area (Å²) in [6, 6.07) is 18.8. The van der Waals surface area contributed by atoms with Gasteiger partial charge in [0.05, 0.1) is 10.2 Å². The Hall–Kier alpha value is -3.58. The molecule has 0 spiro atoms. The molecular formula is C25H20FN3O2S. The van der Waals surface area contributed by atoms with Crippen molar-refractivity contribution in [2.24, 2.45) is 5.92 Å². The Morgan fingerprint density at radius 2 is 1.72 bits per heavy atom. The van der Waals surface area contributed by atoms with Crippen LogP contribution in [0.2, 0.25) is 0 Å². The molecule has 1 fully saturated rings. The van der Waals surface area contributed by atoms with E-state index < -0.39 is 5.82 Å². The SMILES string of the molecule is O=C(NCC1CC1)c1cccc(-c2ccc3sc(NC(=O)c4ccc(F)cc4)nc3c2)c1. The van der Waals surface area contributed by atoms with Crippen molar-refractivity contribution in [2.45, 2.75) is 12.8 Å². The van der Waals surface area contributed by atoms with Crippen LogP contribution in [0.3, 0.4) is 0 Å². The summed E-state index contributed by atoms with van der Waals surface area (Å²) >= 11 is 1.37. The standard InChI is InChI=1S/C25H20FN3O2S/c26-20-9-6-16(7-10-20)24(31)29-25-28-21-13-18(8-11-22(21)32-25)17-2-1-3-19(12-17)23(30)27-14-15-4-5-15/h1-3,6-13,15H,4-5,14H2,(H,27,30)(H,28,29,31). The van der Waals surface area contributed by atoms with Crippen molar-refractivity contribution in [1.29, 1.82) is 0 Å². The number of hydrogen-bond acceptors (Lipinski definition) is 4. The van der Waals surface area contributed by atoms with Crippen LogP contribution in [0, 0.1) is 11.7 Å². The van der Waals surface area contributed by atoms with E-state index in [2.05, 4.69) is 15.6 Å². The molecule has 1 aliphatic rings. The predicted molar refractivity (Wildman–Crippen MR) is 124 cm³/mol. The molecule has 3 aromatic carbocycles. The van der Waals surface area contributed by atoms with Crippen LogP contribution in [0.15, 0.2) is 66.7 Å². The van der Waals surface area contributed by atoms with Crippen molar-refractivity contribution in [2.75, 3.05) is 11.9 Å². The van der Waals surface area contributed by atoms with Crippen molar-refractivity contribution in [3.63, 3.8) is 0 Å². The number of thiazole rings is 1. The van der Waals surface area contributed by atoms with E-state index in [-0.39, 0.29) is 11.8 Å². The number of carbonyl (C=O) groups is 2. The average molecular weight is 446 g/mol. The minimum absolute atomic E-state index is 0.0562. The number of rotatable bonds is 6. The summed E-state index contributed by atoms with van der Waals surface area (Å²) in [5.41, 5.74) is 3.62. The second-order valence-corrected chi connectivity index (χ2v) is 8.93. The molecule has 160 valence electrons. The number of benzene rings is 3. The summed E-state index contributed by atoms with van der Waals surface area (Å²) in [6.45, 7) is 0.736. The topological polar surface area (TPSA) is 71.1 Å². The van der Waals surface area contributed by atoms with E-state index >= 15 is 0 Å². The maximum absolute atomic E-state index is 13.1. The second kappa shape index (κ2) is 8.51. The van der Waals surface area contributed by atoms with E-state index in [1.54, 1.807) is 0 Å². The van der Waals surface area contributed by atoms with Crippen molar-refractivity contribution in [3.05, 3.63) is 83.7 Å². The molecule has 7 heteroatoms. The first-order chi connectivity index (χ1) is 15.5. The lowest BCUT2D eigenvalue weighted by atomic mass is 10.0. The van der Waals surface area contributed by atoms with Gasteiger partial charge in [0.1, 0.15) is 5.82 Å². The first-order valence-electron chi connectivity index (χ1n) is 10.4. The third-order valence-corrected chi connectivity index (χ3v) is 6.37. The van der Waals surface area contributed by atoms with Crippen molar-refractivity contribution in [3.8, 4) is 11.1 Å². The predicted octanol–water partition coefficient (Wildman–Crippen LogP) is 5.49. The number of carbonyl (C=O) groups excluding carboxylic acids is 2. The lowest BCUT2D eigenvalue weighted by Crippen LogP contribution is -2.25. The Bertz CT molecular complexity index is 1310. The highest BCUT2D eigenvalue weighted by Gasteiger charge is 2.22. The summed E-state index contributed by atoms with van der Waals surface area (Å²) in [7, 11) is 0. The summed E-state index contributed by atoms with van der Waals surface area (Å²) in [6.07, 6.45) is 2.39. The van der Waals surface area contributed by atoms with Gasteiger partial charge >= 0.3 is 0 Å². The third kappa shape index (κ3) is 4.53. The zero-order valence-corrected chi connectivity index (χ0v) is 17.9. The van der Waals surface area contributed by atoms with E-state index in [9.17, 15) is 14.0 Å². The Kier molecular flexibility index (Phi) is 5.41. The molecular weight excluding hydrogens is 425 g/mol. The van der Waals surface area contributed by atoms with Crippen LogP contribution in [-0.2, 0) is 0 Å². The zero-order chi connectivity index (χ0) is 22.1. The fourth-order valence-corrected chi connectivity index (χ4v) is 4.27. The summed E-state index contributed by atoms with van der Waals surface area (Å²) in [4.78, 5) is 29.3. The van der Waals surface area contributed by atoms with Gasteiger partial charge in [0.25, 0.3) is 11.8 Å². The molecule has 1 saturated carbocycles. The van der Waals surface area contributed by atoms with E-state index in [1.807, 2.05) is 42.5 Å². The van der Waals surface area contributed by atoms with E-state index in [4.69, 9.17) is 0 Å². The highest BCUT2D eigenvalue weighted by Crippen LogP contribution is 2.31. The number of halogens is 1. The van der Waals surface area contributed by atoms with E-state index in [1.165, 1.54) is 48.4 Å². The van der Waals surface area contributed by atoms with Gasteiger partial charge in [-0.3, -0.25) is 14.9 Å². The van der Waals surface area contributed by atoms with Gasteiger partial charge in [-0.1, -0.05) is 29.5 Å². The minimum Gasteiger partial charge on any atom is -0.352 e. The lowest BCUT2D eigenvalue weighted by Gasteiger charge is -2.07.